The molecule has 1 atom stereocenters. The second-order valence-corrected chi connectivity index (χ2v) is 25.7. The molecule has 1 aliphatic rings. The first kappa shape index (κ1) is 52.9. The van der Waals surface area contributed by atoms with Gasteiger partial charge in [-0.05, 0) is 109 Å². The minimum Gasteiger partial charge on any atom is -0.481 e. The summed E-state index contributed by atoms with van der Waals surface area (Å²) in [6, 6.07) is 12.0. The van der Waals surface area contributed by atoms with Crippen molar-refractivity contribution in [3.8, 4) is 28.4 Å². The number of benzene rings is 1. The second-order valence-electron chi connectivity index (χ2n) is 20.1. The third kappa shape index (κ3) is 14.5. The van der Waals surface area contributed by atoms with Crippen LogP contribution in [0.4, 0.5) is 25.5 Å². The van der Waals surface area contributed by atoms with E-state index >= 15 is 4.39 Å². The van der Waals surface area contributed by atoms with Crippen LogP contribution in [0, 0.1) is 5.82 Å². The number of hydrogen-bond donors (Lipinski definition) is 2. The van der Waals surface area contributed by atoms with Crippen LogP contribution in [-0.4, -0.2) is 108 Å². The van der Waals surface area contributed by atoms with Crippen LogP contribution >= 0.6 is 23.2 Å². The molecule has 1 saturated heterocycles. The molecule has 5 rings (SSSR count). The first-order valence-electron chi connectivity index (χ1n) is 22.5. The molecule has 0 spiro atoms. The van der Waals surface area contributed by atoms with Gasteiger partial charge in [-0.3, -0.25) is 9.78 Å². The zero-order chi connectivity index (χ0) is 49.5. The van der Waals surface area contributed by atoms with Gasteiger partial charge in [0.05, 0.1) is 40.8 Å². The van der Waals surface area contributed by atoms with E-state index in [2.05, 4.69) is 54.5 Å². The number of nitrogens with zero attached hydrogens (tertiary/aromatic N) is 5. The fraction of sp³-hybridized carbons (Fsp3) is 0.510. The molecular weight excluding hydrogens is 917 g/mol. The van der Waals surface area contributed by atoms with Crippen molar-refractivity contribution >= 4 is 61.1 Å². The summed E-state index contributed by atoms with van der Waals surface area (Å²) in [5.41, 5.74) is 1.96. The van der Waals surface area contributed by atoms with E-state index < -0.39 is 37.5 Å². The van der Waals surface area contributed by atoms with E-state index in [0.717, 1.165) is 5.56 Å². The Morgan fingerprint density at radius 3 is 2.10 bits per heavy atom. The summed E-state index contributed by atoms with van der Waals surface area (Å²) in [7, 11) is -0.555. The lowest BCUT2D eigenvalue weighted by Gasteiger charge is -2.37. The second kappa shape index (κ2) is 21.9. The van der Waals surface area contributed by atoms with Crippen LogP contribution in [-0.2, 0) is 31.5 Å². The molecular formula is C49H66Cl2FN7O7Si. The van der Waals surface area contributed by atoms with Gasteiger partial charge in [0.15, 0.2) is 20.0 Å². The van der Waals surface area contributed by atoms with Crippen molar-refractivity contribution in [2.75, 3.05) is 45.2 Å². The molecule has 3 aromatic heterocycles. The van der Waals surface area contributed by atoms with E-state index in [1.54, 1.807) is 67.1 Å². The Labute approximate surface area is 405 Å². The Balaban J connectivity index is 1.33. The van der Waals surface area contributed by atoms with Crippen LogP contribution in [0.15, 0.2) is 54.9 Å². The highest BCUT2D eigenvalue weighted by Crippen LogP contribution is 2.41. The summed E-state index contributed by atoms with van der Waals surface area (Å²) in [6.07, 6.45) is 3.76. The lowest BCUT2D eigenvalue weighted by atomic mass is 10.0. The van der Waals surface area contributed by atoms with Crippen LogP contribution in [0.5, 0.6) is 5.88 Å². The highest BCUT2D eigenvalue weighted by molar-refractivity contribution is 6.74. The highest BCUT2D eigenvalue weighted by Gasteiger charge is 2.37. The van der Waals surface area contributed by atoms with Crippen LogP contribution in [0.3, 0.4) is 0 Å². The van der Waals surface area contributed by atoms with E-state index in [9.17, 15) is 14.4 Å². The van der Waals surface area contributed by atoms with Crippen molar-refractivity contribution in [1.82, 2.24) is 30.1 Å². The SMILES string of the molecule is COc1nc(-c2ccnc(-c3cccc(Nc4nccc(CCN(CCO[Si](C)(C)C(C)(C)C)C(=O)OC(C)(C)C)c4F)c3Cl)c2Cl)ccc1CCN(C[C@@H]1CCC(=O)N1)C(=O)OC(C)(C)C. The fourth-order valence-corrected chi connectivity index (χ4v) is 8.55. The van der Waals surface area contributed by atoms with Gasteiger partial charge in [-0.25, -0.2) is 23.9 Å². The van der Waals surface area contributed by atoms with Gasteiger partial charge in [-0.1, -0.05) is 62.2 Å². The zero-order valence-electron chi connectivity index (χ0n) is 40.9. The quantitative estimate of drug-likeness (QED) is 0.0970. The number of carbonyl (C=O) groups excluding carboxylic acids is 3. The Bertz CT molecular complexity index is 2400. The highest BCUT2D eigenvalue weighted by atomic mass is 35.5. The van der Waals surface area contributed by atoms with Gasteiger partial charge in [-0.15, -0.1) is 0 Å². The predicted octanol–water partition coefficient (Wildman–Crippen LogP) is 11.3. The number of pyridine rings is 3. The number of rotatable bonds is 17. The number of carbonyl (C=O) groups is 3. The number of ether oxygens (including phenoxy) is 3. The molecule has 3 amide bonds. The van der Waals surface area contributed by atoms with Crippen molar-refractivity contribution in [2.24, 2.45) is 0 Å². The largest absolute Gasteiger partial charge is 0.481 e. The van der Waals surface area contributed by atoms with Gasteiger partial charge in [0.1, 0.15) is 11.2 Å². The first-order chi connectivity index (χ1) is 31.3. The molecule has 1 aromatic carbocycles. The summed E-state index contributed by atoms with van der Waals surface area (Å²) < 4.78 is 39.7. The van der Waals surface area contributed by atoms with Crippen molar-refractivity contribution in [3.63, 3.8) is 0 Å². The van der Waals surface area contributed by atoms with E-state index in [1.165, 1.54) is 13.3 Å². The molecule has 364 valence electrons. The Morgan fingerprint density at radius 1 is 0.836 bits per heavy atom. The molecule has 2 N–H and O–H groups in total. The molecule has 1 fully saturated rings. The third-order valence-corrected chi connectivity index (χ3v) is 16.9. The number of methoxy groups -OCH3 is 1. The van der Waals surface area contributed by atoms with E-state index in [4.69, 9.17) is 46.8 Å². The average Bonchev–Trinajstić information content (AvgIpc) is 3.65. The number of amides is 3. The smallest absolute Gasteiger partial charge is 0.410 e. The van der Waals surface area contributed by atoms with Crippen LogP contribution in [0.2, 0.25) is 28.2 Å². The number of hydrogen-bond acceptors (Lipinski definition) is 11. The maximum absolute atomic E-state index is 16.2. The van der Waals surface area contributed by atoms with Crippen LogP contribution in [0.1, 0.15) is 86.3 Å². The summed E-state index contributed by atoms with van der Waals surface area (Å²) in [4.78, 5) is 55.3. The van der Waals surface area contributed by atoms with Gasteiger partial charge >= 0.3 is 12.2 Å². The normalized spacial score (nSPS) is 14.4. The Morgan fingerprint density at radius 2 is 1.48 bits per heavy atom. The molecule has 0 aliphatic carbocycles. The van der Waals surface area contributed by atoms with E-state index in [1.807, 2.05) is 32.9 Å². The summed E-state index contributed by atoms with van der Waals surface area (Å²) in [5, 5.41) is 6.48. The molecule has 67 heavy (non-hydrogen) atoms. The number of halogens is 3. The Hall–Kier alpha value is -5.03. The monoisotopic (exact) mass is 981 g/mol. The maximum Gasteiger partial charge on any atom is 0.410 e. The first-order valence-corrected chi connectivity index (χ1v) is 26.2. The number of nitrogens with one attached hydrogen (secondary N) is 2. The minimum absolute atomic E-state index is 0.000630. The van der Waals surface area contributed by atoms with Crippen LogP contribution in [0.25, 0.3) is 22.5 Å². The topological polar surface area (TPSA) is 157 Å². The van der Waals surface area contributed by atoms with Crippen molar-refractivity contribution in [2.45, 2.75) is 123 Å². The molecule has 4 aromatic rings. The predicted molar refractivity (Wildman–Crippen MR) is 264 cm³/mol. The molecule has 14 nitrogen and oxygen atoms in total. The van der Waals surface area contributed by atoms with Crippen molar-refractivity contribution in [1.29, 1.82) is 0 Å². The van der Waals surface area contributed by atoms with E-state index in [0.29, 0.717) is 78.6 Å². The van der Waals surface area contributed by atoms with Gasteiger partial charge < -0.3 is 39.1 Å². The molecule has 4 heterocycles. The van der Waals surface area contributed by atoms with E-state index in [-0.39, 0.29) is 52.4 Å². The molecule has 0 saturated carbocycles. The lowest BCUT2D eigenvalue weighted by molar-refractivity contribution is -0.119. The minimum atomic E-state index is -2.08. The van der Waals surface area contributed by atoms with Gasteiger partial charge in [0.2, 0.25) is 11.8 Å². The van der Waals surface area contributed by atoms with Crippen molar-refractivity contribution < 1.29 is 37.4 Å². The average molecular weight is 983 g/mol. The standard InChI is InChI=1S/C49H66Cl2FN7O7Si/c1-47(2,3)65-45(61)58(28-29-64-67(11,12)49(7,8)9)26-22-31-20-24-54-43(41(31)52)56-37-15-13-14-35(39(37)50)42-40(51)34(21-25-53-42)36-18-16-32(44(57-36)63-10)23-27-59(46(62)66-48(4,5)6)30-33-17-19-38(60)55-33/h13-16,18,20-21,24-25,33H,17,19,22-23,26-30H2,1-12H3,(H,54,56)(H,55,60)/t33-/m0/s1. The van der Waals surface area contributed by atoms with Gasteiger partial charge in [-0.2, -0.15) is 0 Å². The van der Waals surface area contributed by atoms with Crippen LogP contribution < -0.4 is 15.4 Å². The fourth-order valence-electron chi connectivity index (χ4n) is 6.94. The molecule has 0 unspecified atom stereocenters. The number of aromatic nitrogens is 3. The van der Waals surface area contributed by atoms with Crippen molar-refractivity contribution in [3.05, 3.63) is 81.8 Å². The molecule has 1 aliphatic heterocycles. The van der Waals surface area contributed by atoms with Gasteiger partial charge in [0, 0.05) is 67.7 Å². The zero-order valence-corrected chi connectivity index (χ0v) is 43.4. The molecule has 0 bridgehead atoms. The van der Waals surface area contributed by atoms with Gasteiger partial charge in [0.25, 0.3) is 0 Å². The summed E-state index contributed by atoms with van der Waals surface area (Å²) >= 11 is 14.1. The molecule has 0 radical (unpaired) electrons. The molecule has 18 heteroatoms. The Kier molecular flexibility index (Phi) is 17.3. The maximum atomic E-state index is 16.2. The third-order valence-electron chi connectivity index (χ3n) is 11.5. The lowest BCUT2D eigenvalue weighted by Crippen LogP contribution is -2.45. The number of anilines is 2. The summed E-state index contributed by atoms with van der Waals surface area (Å²) in [6.45, 7) is 23.0. The summed E-state index contributed by atoms with van der Waals surface area (Å²) in [5.74, 6) is -0.330.